The number of primary amides is 1. The van der Waals surface area contributed by atoms with Crippen molar-refractivity contribution in [1.29, 1.82) is 0 Å². The molecule has 1 aromatic carbocycles. The van der Waals surface area contributed by atoms with Gasteiger partial charge in [0.05, 0.1) is 18.9 Å². The fraction of sp³-hybridized carbons (Fsp3) is 0.556. The van der Waals surface area contributed by atoms with E-state index in [1.54, 1.807) is 7.11 Å². The summed E-state index contributed by atoms with van der Waals surface area (Å²) in [6, 6.07) is 5.76. The van der Waals surface area contributed by atoms with E-state index in [1.165, 1.54) is 12.8 Å². The van der Waals surface area contributed by atoms with Crippen LogP contribution in [0.2, 0.25) is 0 Å². The van der Waals surface area contributed by atoms with Crippen LogP contribution in [0.25, 0.3) is 0 Å². The Labute approximate surface area is 142 Å². The van der Waals surface area contributed by atoms with Crippen molar-refractivity contribution in [2.24, 2.45) is 16.8 Å². The monoisotopic (exact) mass is 334 g/mol. The molecule has 1 saturated carbocycles. The van der Waals surface area contributed by atoms with Crippen molar-refractivity contribution >= 4 is 11.8 Å². The molecule has 2 rings (SSSR count). The van der Waals surface area contributed by atoms with Gasteiger partial charge >= 0.3 is 6.09 Å². The first kappa shape index (κ1) is 18.1. The molecule has 0 bridgehead atoms. The van der Waals surface area contributed by atoms with Crippen LogP contribution in [0.4, 0.5) is 4.79 Å². The molecule has 0 aromatic heterocycles. The van der Waals surface area contributed by atoms with Gasteiger partial charge in [-0.25, -0.2) is 4.79 Å². The fourth-order valence-corrected chi connectivity index (χ4v) is 2.74. The zero-order valence-corrected chi connectivity index (χ0v) is 14.6. The molecule has 0 unspecified atom stereocenters. The molecule has 132 valence electrons. The summed E-state index contributed by atoms with van der Waals surface area (Å²) in [5.74, 6) is 1.67. The SMILES string of the molecule is COc1ccc(CC(=NOC(N)=O)C(C)C)c(OC2CCCC2)c1. The van der Waals surface area contributed by atoms with Gasteiger partial charge in [0.25, 0.3) is 0 Å². The lowest BCUT2D eigenvalue weighted by Gasteiger charge is -2.18. The second-order valence-corrected chi connectivity index (χ2v) is 6.32. The molecule has 1 amide bonds. The minimum Gasteiger partial charge on any atom is -0.497 e. The lowest BCUT2D eigenvalue weighted by molar-refractivity contribution is 0.160. The van der Waals surface area contributed by atoms with Crippen LogP contribution in [0.5, 0.6) is 11.5 Å². The number of benzene rings is 1. The molecule has 1 aliphatic carbocycles. The van der Waals surface area contributed by atoms with E-state index in [4.69, 9.17) is 15.2 Å². The zero-order valence-electron chi connectivity index (χ0n) is 14.6. The number of ether oxygens (including phenoxy) is 2. The summed E-state index contributed by atoms with van der Waals surface area (Å²) in [7, 11) is 1.63. The maximum absolute atomic E-state index is 10.8. The van der Waals surface area contributed by atoms with Crippen molar-refractivity contribution in [1.82, 2.24) is 0 Å². The molecule has 24 heavy (non-hydrogen) atoms. The third-order valence-electron chi connectivity index (χ3n) is 4.16. The Morgan fingerprint density at radius 3 is 2.62 bits per heavy atom. The molecule has 1 aliphatic rings. The van der Waals surface area contributed by atoms with Gasteiger partial charge in [0, 0.05) is 18.1 Å². The summed E-state index contributed by atoms with van der Waals surface area (Å²) < 4.78 is 11.5. The molecule has 0 spiro atoms. The van der Waals surface area contributed by atoms with E-state index in [2.05, 4.69) is 9.99 Å². The first-order valence-corrected chi connectivity index (χ1v) is 8.36. The molecular weight excluding hydrogens is 308 g/mol. The van der Waals surface area contributed by atoms with Crippen LogP contribution < -0.4 is 15.2 Å². The number of amides is 1. The van der Waals surface area contributed by atoms with Crippen molar-refractivity contribution in [2.75, 3.05) is 7.11 Å². The number of nitrogens with zero attached hydrogens (tertiary/aromatic N) is 1. The van der Waals surface area contributed by atoms with Crippen molar-refractivity contribution in [3.05, 3.63) is 23.8 Å². The number of oxime groups is 1. The van der Waals surface area contributed by atoms with Gasteiger partial charge in [-0.15, -0.1) is 0 Å². The Balaban J connectivity index is 2.22. The summed E-state index contributed by atoms with van der Waals surface area (Å²) in [5, 5.41) is 3.89. The molecule has 0 atom stereocenters. The first-order chi connectivity index (χ1) is 11.5. The topological polar surface area (TPSA) is 83.1 Å². The van der Waals surface area contributed by atoms with Crippen LogP contribution in [-0.4, -0.2) is 25.0 Å². The van der Waals surface area contributed by atoms with Crippen molar-refractivity contribution in [3.8, 4) is 11.5 Å². The highest BCUT2D eigenvalue weighted by molar-refractivity contribution is 5.88. The fourth-order valence-electron chi connectivity index (χ4n) is 2.74. The Bertz CT molecular complexity index is 593. The summed E-state index contributed by atoms with van der Waals surface area (Å²) in [4.78, 5) is 15.4. The molecule has 0 heterocycles. The predicted molar refractivity (Wildman–Crippen MR) is 92.5 cm³/mol. The molecule has 6 nitrogen and oxygen atoms in total. The molecule has 1 fully saturated rings. The predicted octanol–water partition coefficient (Wildman–Crippen LogP) is 3.67. The number of nitrogens with two attached hydrogens (primary N) is 1. The minimum absolute atomic E-state index is 0.116. The summed E-state index contributed by atoms with van der Waals surface area (Å²) >= 11 is 0. The number of carbonyl (C=O) groups is 1. The molecule has 0 aliphatic heterocycles. The Morgan fingerprint density at radius 1 is 1.33 bits per heavy atom. The van der Waals surface area contributed by atoms with Gasteiger partial charge in [-0.3, -0.25) is 4.84 Å². The highest BCUT2D eigenvalue weighted by Crippen LogP contribution is 2.30. The van der Waals surface area contributed by atoms with Crippen molar-refractivity contribution < 1.29 is 19.1 Å². The van der Waals surface area contributed by atoms with Crippen LogP contribution in [0.1, 0.15) is 45.1 Å². The normalized spacial score (nSPS) is 15.6. The van der Waals surface area contributed by atoms with E-state index in [0.717, 1.165) is 35.6 Å². The Hall–Kier alpha value is -2.24. The third-order valence-corrected chi connectivity index (χ3v) is 4.16. The number of rotatable bonds is 7. The lowest BCUT2D eigenvalue weighted by atomic mass is 9.99. The van der Waals surface area contributed by atoms with E-state index in [1.807, 2.05) is 32.0 Å². The van der Waals surface area contributed by atoms with E-state index >= 15 is 0 Å². The second kappa shape index (κ2) is 8.57. The average Bonchev–Trinajstić information content (AvgIpc) is 3.05. The first-order valence-electron chi connectivity index (χ1n) is 8.36. The number of methoxy groups -OCH3 is 1. The second-order valence-electron chi connectivity index (χ2n) is 6.32. The van der Waals surface area contributed by atoms with Crippen LogP contribution in [0, 0.1) is 5.92 Å². The molecule has 0 saturated heterocycles. The van der Waals surface area contributed by atoms with Crippen LogP contribution in [-0.2, 0) is 11.3 Å². The molecule has 0 radical (unpaired) electrons. The number of hydrogen-bond acceptors (Lipinski definition) is 5. The number of carbonyl (C=O) groups excluding carboxylic acids is 1. The Morgan fingerprint density at radius 2 is 2.04 bits per heavy atom. The van der Waals surface area contributed by atoms with Gasteiger partial charge in [0.15, 0.2) is 0 Å². The highest BCUT2D eigenvalue weighted by atomic mass is 16.7. The van der Waals surface area contributed by atoms with Crippen molar-refractivity contribution in [3.63, 3.8) is 0 Å². The van der Waals surface area contributed by atoms with E-state index in [9.17, 15) is 4.79 Å². The van der Waals surface area contributed by atoms with E-state index in [0.29, 0.717) is 6.42 Å². The summed E-state index contributed by atoms with van der Waals surface area (Å²) in [6.07, 6.45) is 4.42. The molecule has 1 aromatic rings. The maximum Gasteiger partial charge on any atom is 0.430 e. The summed E-state index contributed by atoms with van der Waals surface area (Å²) in [6.45, 7) is 3.98. The van der Waals surface area contributed by atoms with Crippen LogP contribution in [0.3, 0.4) is 0 Å². The minimum atomic E-state index is -0.912. The quantitative estimate of drug-likeness (QED) is 0.468. The lowest BCUT2D eigenvalue weighted by Crippen LogP contribution is -2.17. The van der Waals surface area contributed by atoms with Gasteiger partial charge in [0.1, 0.15) is 11.5 Å². The highest BCUT2D eigenvalue weighted by Gasteiger charge is 2.20. The van der Waals surface area contributed by atoms with Gasteiger partial charge in [-0.1, -0.05) is 25.1 Å². The third kappa shape index (κ3) is 5.15. The average molecular weight is 334 g/mol. The zero-order chi connectivity index (χ0) is 17.5. The molecule has 2 N–H and O–H groups in total. The number of hydrogen-bond donors (Lipinski definition) is 1. The van der Waals surface area contributed by atoms with Crippen LogP contribution >= 0.6 is 0 Å². The van der Waals surface area contributed by atoms with Gasteiger partial charge in [-0.05, 0) is 37.7 Å². The molecular formula is C18H26N2O4. The van der Waals surface area contributed by atoms with Gasteiger partial charge in [-0.2, -0.15) is 0 Å². The van der Waals surface area contributed by atoms with Gasteiger partial charge < -0.3 is 15.2 Å². The standard InChI is InChI=1S/C18H26N2O4/c1-12(2)16(20-24-18(19)21)10-13-8-9-15(22-3)11-17(13)23-14-6-4-5-7-14/h8-9,11-12,14H,4-7,10H2,1-3H3,(H2,19,21). The van der Waals surface area contributed by atoms with Gasteiger partial charge in [0.2, 0.25) is 0 Å². The van der Waals surface area contributed by atoms with E-state index < -0.39 is 6.09 Å². The van der Waals surface area contributed by atoms with Crippen molar-refractivity contribution in [2.45, 2.75) is 52.1 Å². The van der Waals surface area contributed by atoms with Crippen LogP contribution in [0.15, 0.2) is 23.4 Å². The smallest absolute Gasteiger partial charge is 0.430 e. The summed E-state index contributed by atoms with van der Waals surface area (Å²) in [5.41, 5.74) is 6.72. The Kier molecular flexibility index (Phi) is 6.46. The van der Waals surface area contributed by atoms with E-state index in [-0.39, 0.29) is 12.0 Å². The largest absolute Gasteiger partial charge is 0.497 e. The molecule has 6 heteroatoms. The maximum atomic E-state index is 10.8.